The van der Waals surface area contributed by atoms with E-state index in [1.54, 1.807) is 0 Å². The largest absolute Gasteiger partial charge is 0.476 e. The van der Waals surface area contributed by atoms with Crippen LogP contribution < -0.4 is 5.32 Å². The van der Waals surface area contributed by atoms with Crippen LogP contribution in [0, 0.1) is 5.41 Å². The molecule has 1 rings (SSSR count). The van der Waals surface area contributed by atoms with Gasteiger partial charge in [0.25, 0.3) is 6.01 Å². The van der Waals surface area contributed by atoms with Crippen LogP contribution in [0.1, 0.15) is 37.7 Å². The third kappa shape index (κ3) is 4.01. The van der Waals surface area contributed by atoms with Crippen molar-refractivity contribution in [1.29, 1.82) is 0 Å². The maximum absolute atomic E-state index is 10.5. The molecule has 0 saturated heterocycles. The van der Waals surface area contributed by atoms with Gasteiger partial charge in [-0.25, -0.2) is 4.79 Å². The van der Waals surface area contributed by atoms with Gasteiger partial charge in [0.2, 0.25) is 0 Å². The molecule has 0 amide bonds. The highest BCUT2D eigenvalue weighted by Crippen LogP contribution is 2.18. The lowest BCUT2D eigenvalue weighted by Crippen LogP contribution is -2.13. The topological polar surface area (TPSA) is 75.4 Å². The number of oxazole rings is 1. The number of aromatic carboxylic acids is 1. The van der Waals surface area contributed by atoms with E-state index in [-0.39, 0.29) is 17.1 Å². The van der Waals surface area contributed by atoms with Crippen LogP contribution in [0.5, 0.6) is 0 Å². The Bertz CT molecular complexity index is 339. The molecule has 0 aromatic carbocycles. The fraction of sp³-hybridized carbons (Fsp3) is 0.600. The average molecular weight is 212 g/mol. The summed E-state index contributed by atoms with van der Waals surface area (Å²) < 4.78 is 4.94. The van der Waals surface area contributed by atoms with Crippen molar-refractivity contribution in [3.05, 3.63) is 12.0 Å². The number of aromatic nitrogens is 1. The molecule has 0 bridgehead atoms. The highest BCUT2D eigenvalue weighted by atomic mass is 16.4. The van der Waals surface area contributed by atoms with Crippen LogP contribution in [-0.2, 0) is 0 Å². The van der Waals surface area contributed by atoms with E-state index in [1.165, 1.54) is 0 Å². The minimum atomic E-state index is -1.08. The number of nitrogens with one attached hydrogen (secondary N) is 1. The lowest BCUT2D eigenvalue weighted by Gasteiger charge is -2.17. The van der Waals surface area contributed by atoms with E-state index >= 15 is 0 Å². The van der Waals surface area contributed by atoms with Crippen molar-refractivity contribution < 1.29 is 14.3 Å². The number of carboxylic acid groups (broad SMARTS) is 1. The zero-order chi connectivity index (χ0) is 11.5. The lowest BCUT2D eigenvalue weighted by molar-refractivity contribution is 0.0690. The van der Waals surface area contributed by atoms with Crippen molar-refractivity contribution in [1.82, 2.24) is 4.98 Å². The molecule has 1 heterocycles. The fourth-order valence-corrected chi connectivity index (χ4v) is 0.998. The molecule has 15 heavy (non-hydrogen) atoms. The molecule has 0 aliphatic carbocycles. The quantitative estimate of drug-likeness (QED) is 0.800. The molecule has 0 aliphatic heterocycles. The molecule has 0 spiro atoms. The first kappa shape index (κ1) is 11.6. The van der Waals surface area contributed by atoms with Crippen LogP contribution in [-0.4, -0.2) is 22.6 Å². The van der Waals surface area contributed by atoms with Crippen LogP contribution in [0.2, 0.25) is 0 Å². The molecule has 0 saturated carbocycles. The third-order valence-corrected chi connectivity index (χ3v) is 1.87. The summed E-state index contributed by atoms with van der Waals surface area (Å²) in [5, 5.41) is 11.5. The van der Waals surface area contributed by atoms with Gasteiger partial charge in [0.1, 0.15) is 6.26 Å². The molecule has 84 valence electrons. The van der Waals surface area contributed by atoms with Gasteiger partial charge in [-0.05, 0) is 11.8 Å². The van der Waals surface area contributed by atoms with Gasteiger partial charge in [-0.2, -0.15) is 4.98 Å². The number of rotatable bonds is 4. The summed E-state index contributed by atoms with van der Waals surface area (Å²) in [6, 6.07) is 0.261. The summed E-state index contributed by atoms with van der Waals surface area (Å²) in [4.78, 5) is 14.2. The molecule has 1 aromatic heterocycles. The Balaban J connectivity index is 2.41. The van der Waals surface area contributed by atoms with E-state index in [4.69, 9.17) is 9.52 Å². The highest BCUT2D eigenvalue weighted by molar-refractivity contribution is 5.85. The van der Waals surface area contributed by atoms with Crippen LogP contribution in [0.25, 0.3) is 0 Å². The summed E-state index contributed by atoms with van der Waals surface area (Å²) in [5.74, 6) is -1.08. The first-order chi connectivity index (χ1) is 6.88. The molecule has 0 unspecified atom stereocenters. The number of carboxylic acids is 1. The van der Waals surface area contributed by atoms with Crippen molar-refractivity contribution >= 4 is 12.0 Å². The lowest BCUT2D eigenvalue weighted by atomic mass is 9.92. The Morgan fingerprint density at radius 2 is 2.27 bits per heavy atom. The van der Waals surface area contributed by atoms with E-state index < -0.39 is 5.97 Å². The Morgan fingerprint density at radius 3 is 2.73 bits per heavy atom. The summed E-state index contributed by atoms with van der Waals surface area (Å²) in [6.45, 7) is 7.11. The number of anilines is 1. The predicted molar refractivity (Wildman–Crippen MR) is 56.0 cm³/mol. The van der Waals surface area contributed by atoms with Crippen LogP contribution in [0.15, 0.2) is 10.7 Å². The van der Waals surface area contributed by atoms with Gasteiger partial charge in [0.15, 0.2) is 5.69 Å². The smallest absolute Gasteiger partial charge is 0.357 e. The van der Waals surface area contributed by atoms with Crippen molar-refractivity contribution in [3.8, 4) is 0 Å². The molecule has 0 aliphatic rings. The Labute approximate surface area is 88.5 Å². The van der Waals surface area contributed by atoms with Crippen LogP contribution in [0.4, 0.5) is 6.01 Å². The average Bonchev–Trinajstić information content (AvgIpc) is 2.50. The van der Waals surface area contributed by atoms with Gasteiger partial charge in [0.05, 0.1) is 0 Å². The Morgan fingerprint density at radius 1 is 1.60 bits per heavy atom. The van der Waals surface area contributed by atoms with Gasteiger partial charge in [-0.15, -0.1) is 0 Å². The van der Waals surface area contributed by atoms with Crippen molar-refractivity contribution in [2.75, 3.05) is 11.9 Å². The zero-order valence-electron chi connectivity index (χ0n) is 9.20. The zero-order valence-corrected chi connectivity index (χ0v) is 9.20. The maximum Gasteiger partial charge on any atom is 0.357 e. The third-order valence-electron chi connectivity index (χ3n) is 1.87. The molecule has 1 aromatic rings. The monoisotopic (exact) mass is 212 g/mol. The van der Waals surface area contributed by atoms with Crippen molar-refractivity contribution in [2.45, 2.75) is 27.2 Å². The second-order valence-electron chi connectivity index (χ2n) is 4.58. The van der Waals surface area contributed by atoms with E-state index in [0.29, 0.717) is 6.54 Å². The van der Waals surface area contributed by atoms with Gasteiger partial charge in [-0.1, -0.05) is 20.8 Å². The summed E-state index contributed by atoms with van der Waals surface area (Å²) >= 11 is 0. The highest BCUT2D eigenvalue weighted by Gasteiger charge is 2.12. The van der Waals surface area contributed by atoms with Gasteiger partial charge in [0, 0.05) is 6.54 Å². The summed E-state index contributed by atoms with van der Waals surface area (Å²) in [7, 11) is 0. The summed E-state index contributed by atoms with van der Waals surface area (Å²) in [6.07, 6.45) is 2.08. The normalized spacial score (nSPS) is 11.4. The predicted octanol–water partition coefficient (Wildman–Crippen LogP) is 2.22. The summed E-state index contributed by atoms with van der Waals surface area (Å²) in [5.41, 5.74) is 0.156. The SMILES string of the molecule is CC(C)(C)CCNc1nc(C(=O)O)co1. The molecule has 2 N–H and O–H groups in total. The molecule has 5 nitrogen and oxygen atoms in total. The molecule has 0 atom stereocenters. The minimum absolute atomic E-state index is 0.0757. The van der Waals surface area contributed by atoms with E-state index in [0.717, 1.165) is 12.7 Å². The minimum Gasteiger partial charge on any atom is -0.476 e. The number of hydrogen-bond acceptors (Lipinski definition) is 4. The number of nitrogens with zero attached hydrogens (tertiary/aromatic N) is 1. The van der Waals surface area contributed by atoms with Gasteiger partial charge in [-0.3, -0.25) is 0 Å². The maximum atomic E-state index is 10.5. The van der Waals surface area contributed by atoms with Crippen LogP contribution >= 0.6 is 0 Å². The van der Waals surface area contributed by atoms with Gasteiger partial charge < -0.3 is 14.8 Å². The van der Waals surface area contributed by atoms with Crippen LogP contribution in [0.3, 0.4) is 0 Å². The van der Waals surface area contributed by atoms with Gasteiger partial charge >= 0.3 is 5.97 Å². The van der Waals surface area contributed by atoms with Crippen molar-refractivity contribution in [3.63, 3.8) is 0 Å². The second kappa shape index (κ2) is 4.33. The molecule has 0 radical (unpaired) electrons. The van der Waals surface area contributed by atoms with E-state index in [9.17, 15) is 4.79 Å². The second-order valence-corrected chi connectivity index (χ2v) is 4.58. The molecular formula is C10H16N2O3. The van der Waals surface area contributed by atoms with Crippen molar-refractivity contribution in [2.24, 2.45) is 5.41 Å². The van der Waals surface area contributed by atoms with E-state index in [2.05, 4.69) is 31.1 Å². The van der Waals surface area contributed by atoms with E-state index in [1.807, 2.05) is 0 Å². The number of carbonyl (C=O) groups is 1. The Hall–Kier alpha value is -1.52. The molecule has 5 heteroatoms. The first-order valence-corrected chi connectivity index (χ1v) is 4.81. The molecule has 0 fully saturated rings. The Kier molecular flexibility index (Phi) is 3.34. The standard InChI is InChI=1S/C10H16N2O3/c1-10(2,3)4-5-11-9-12-7(6-15-9)8(13)14/h6H,4-5H2,1-3H3,(H,11,12)(H,13,14). The fourth-order valence-electron chi connectivity index (χ4n) is 0.998. The molecular weight excluding hydrogens is 196 g/mol. The number of hydrogen-bond donors (Lipinski definition) is 2. The first-order valence-electron chi connectivity index (χ1n) is 4.81.